The van der Waals surface area contributed by atoms with Crippen molar-refractivity contribution in [2.75, 3.05) is 7.05 Å². The molecular weight excluding hydrogens is 162 g/mol. The number of allylic oxidation sites excluding steroid dienone is 2. The zero-order valence-electron chi connectivity index (χ0n) is 8.42. The molecule has 0 rings (SSSR count). The molecule has 2 nitrogen and oxygen atoms in total. The van der Waals surface area contributed by atoms with Gasteiger partial charge in [-0.2, -0.15) is 0 Å². The summed E-state index contributed by atoms with van der Waals surface area (Å²) < 4.78 is 0. The van der Waals surface area contributed by atoms with Crippen molar-refractivity contribution in [3.05, 3.63) is 30.0 Å². The van der Waals surface area contributed by atoms with Crippen molar-refractivity contribution in [1.29, 1.82) is 0 Å². The van der Waals surface area contributed by atoms with Crippen molar-refractivity contribution in [3.8, 4) is 0 Å². The number of rotatable bonds is 4. The Kier molecular flexibility index (Phi) is 5.49. The zero-order chi connectivity index (χ0) is 10.3. The second kappa shape index (κ2) is 6.15. The van der Waals surface area contributed by atoms with Crippen LogP contribution in [0, 0.1) is 0 Å². The molecule has 0 spiro atoms. The zero-order valence-corrected chi connectivity index (χ0v) is 8.42. The van der Waals surface area contributed by atoms with E-state index in [-0.39, 0.29) is 5.78 Å². The Balaban J connectivity index is 4.38. The third-order valence-corrected chi connectivity index (χ3v) is 1.73. The number of carbonyl (C=O) groups is 1. The summed E-state index contributed by atoms with van der Waals surface area (Å²) in [6.45, 7) is 7.20. The average Bonchev–Trinajstić information content (AvgIpc) is 2.15. The van der Waals surface area contributed by atoms with Gasteiger partial charge >= 0.3 is 0 Å². The van der Waals surface area contributed by atoms with Crippen molar-refractivity contribution < 1.29 is 4.79 Å². The molecule has 2 heteroatoms. The first-order chi connectivity index (χ1) is 6.11. The molecule has 0 heterocycles. The highest BCUT2D eigenvalue weighted by atomic mass is 16.1. The molecule has 0 saturated carbocycles. The highest BCUT2D eigenvalue weighted by Crippen LogP contribution is 1.94. The molecule has 13 heavy (non-hydrogen) atoms. The van der Waals surface area contributed by atoms with Gasteiger partial charge in [0.2, 0.25) is 0 Å². The number of ketones is 1. The highest BCUT2D eigenvalue weighted by Gasteiger charge is 1.91. The molecule has 0 amide bonds. The smallest absolute Gasteiger partial charge is 0.159 e. The topological polar surface area (TPSA) is 29.4 Å². The van der Waals surface area contributed by atoms with Crippen LogP contribution in [0.3, 0.4) is 0 Å². The number of carbonyl (C=O) groups excluding carboxylic acids is 1. The van der Waals surface area contributed by atoms with Crippen LogP contribution in [-0.4, -0.2) is 18.5 Å². The number of nitrogens with zero attached hydrogens (tertiary/aromatic N) is 1. The first kappa shape index (κ1) is 11.6. The summed E-state index contributed by atoms with van der Waals surface area (Å²) in [5.74, 6) is 0.00592. The molecule has 0 N–H and O–H groups in total. The van der Waals surface area contributed by atoms with E-state index in [2.05, 4.69) is 17.3 Å². The van der Waals surface area contributed by atoms with Gasteiger partial charge in [0.1, 0.15) is 0 Å². The first-order valence-electron chi connectivity index (χ1n) is 4.12. The molecule has 70 valence electrons. The van der Waals surface area contributed by atoms with E-state index in [4.69, 9.17) is 0 Å². The van der Waals surface area contributed by atoms with E-state index >= 15 is 0 Å². The highest BCUT2D eigenvalue weighted by molar-refractivity contribution is 5.97. The van der Waals surface area contributed by atoms with Gasteiger partial charge in [-0.15, -0.1) is 5.73 Å². The van der Waals surface area contributed by atoms with Gasteiger partial charge in [-0.1, -0.05) is 6.58 Å². The van der Waals surface area contributed by atoms with Crippen molar-refractivity contribution in [1.82, 2.24) is 0 Å². The lowest BCUT2D eigenvalue weighted by molar-refractivity contribution is -0.113. The molecular formula is C11H15NO. The summed E-state index contributed by atoms with van der Waals surface area (Å²) in [6, 6.07) is 0. The van der Waals surface area contributed by atoms with Gasteiger partial charge in [0.15, 0.2) is 5.78 Å². The van der Waals surface area contributed by atoms with Crippen LogP contribution in [0.15, 0.2) is 35.0 Å². The predicted octanol–water partition coefficient (Wildman–Crippen LogP) is 2.32. The maximum atomic E-state index is 10.8. The van der Waals surface area contributed by atoms with Crippen LogP contribution >= 0.6 is 0 Å². The van der Waals surface area contributed by atoms with E-state index in [1.807, 2.05) is 13.8 Å². The van der Waals surface area contributed by atoms with Gasteiger partial charge in [-0.25, -0.2) is 0 Å². The van der Waals surface area contributed by atoms with Crippen molar-refractivity contribution in [2.24, 2.45) is 4.99 Å². The van der Waals surface area contributed by atoms with Gasteiger partial charge in [-0.3, -0.25) is 9.79 Å². The molecule has 0 aliphatic rings. The molecule has 0 aliphatic carbocycles. The number of hydrogen-bond donors (Lipinski definition) is 0. The summed E-state index contributed by atoms with van der Waals surface area (Å²) in [5, 5.41) is 0. The Bertz CT molecular complexity index is 291. The van der Waals surface area contributed by atoms with E-state index in [1.54, 1.807) is 13.1 Å². The fourth-order valence-electron chi connectivity index (χ4n) is 0.660. The average molecular weight is 177 g/mol. The second-order valence-electron chi connectivity index (χ2n) is 2.66. The Morgan fingerprint density at radius 1 is 1.54 bits per heavy atom. The van der Waals surface area contributed by atoms with Gasteiger partial charge in [0.05, 0.1) is 0 Å². The van der Waals surface area contributed by atoms with Crippen LogP contribution < -0.4 is 0 Å². The van der Waals surface area contributed by atoms with Gasteiger partial charge < -0.3 is 0 Å². The van der Waals surface area contributed by atoms with Crippen LogP contribution in [0.5, 0.6) is 0 Å². The summed E-state index contributed by atoms with van der Waals surface area (Å²) in [4.78, 5) is 14.8. The SMILES string of the molecule is C=CC(=O)CC=C=C(C)C(C)=NC. The summed E-state index contributed by atoms with van der Waals surface area (Å²) in [5.41, 5.74) is 4.88. The molecule has 0 aromatic rings. The molecule has 0 aromatic carbocycles. The minimum Gasteiger partial charge on any atom is -0.295 e. The molecule has 0 aromatic heterocycles. The first-order valence-corrected chi connectivity index (χ1v) is 4.12. The predicted molar refractivity (Wildman–Crippen MR) is 56.1 cm³/mol. The van der Waals surface area contributed by atoms with E-state index in [1.165, 1.54) is 6.08 Å². The Labute approximate surface area is 79.4 Å². The number of aliphatic imine (C=N–C) groups is 1. The largest absolute Gasteiger partial charge is 0.295 e. The fraction of sp³-hybridized carbons (Fsp3) is 0.364. The van der Waals surface area contributed by atoms with E-state index in [0.717, 1.165) is 11.3 Å². The monoisotopic (exact) mass is 177 g/mol. The molecule has 0 saturated heterocycles. The maximum Gasteiger partial charge on any atom is 0.159 e. The van der Waals surface area contributed by atoms with E-state index < -0.39 is 0 Å². The third kappa shape index (κ3) is 4.94. The van der Waals surface area contributed by atoms with Crippen LogP contribution in [0.1, 0.15) is 20.3 Å². The summed E-state index contributed by atoms with van der Waals surface area (Å²) >= 11 is 0. The molecule has 0 aliphatic heterocycles. The molecule has 0 bridgehead atoms. The molecule has 0 fully saturated rings. The molecule has 0 atom stereocenters. The van der Waals surface area contributed by atoms with E-state index in [9.17, 15) is 4.79 Å². The lowest BCUT2D eigenvalue weighted by Crippen LogP contribution is -1.91. The Morgan fingerprint density at radius 2 is 2.15 bits per heavy atom. The minimum atomic E-state index is 0.00592. The van der Waals surface area contributed by atoms with Crippen LogP contribution in [0.25, 0.3) is 0 Å². The van der Waals surface area contributed by atoms with Crippen LogP contribution in [0.4, 0.5) is 0 Å². The van der Waals surface area contributed by atoms with Crippen molar-refractivity contribution in [3.63, 3.8) is 0 Å². The van der Waals surface area contributed by atoms with Gasteiger partial charge in [0, 0.05) is 24.8 Å². The Hall–Kier alpha value is -1.40. The van der Waals surface area contributed by atoms with Gasteiger partial charge in [-0.05, 0) is 26.0 Å². The standard InChI is InChI=1S/C11H15NO/c1-5-11(13)8-6-7-9(2)10(3)12-4/h5-6H,1,8H2,2-4H3. The van der Waals surface area contributed by atoms with Crippen molar-refractivity contribution in [2.45, 2.75) is 20.3 Å². The quantitative estimate of drug-likeness (QED) is 0.368. The van der Waals surface area contributed by atoms with Crippen LogP contribution in [-0.2, 0) is 4.79 Å². The van der Waals surface area contributed by atoms with Crippen molar-refractivity contribution >= 4 is 11.5 Å². The fourth-order valence-corrected chi connectivity index (χ4v) is 0.660. The normalized spacial score (nSPS) is 10.2. The number of hydrogen-bond acceptors (Lipinski definition) is 2. The summed E-state index contributed by atoms with van der Waals surface area (Å²) in [7, 11) is 1.73. The van der Waals surface area contributed by atoms with Gasteiger partial charge in [0.25, 0.3) is 0 Å². The molecule has 0 unspecified atom stereocenters. The Morgan fingerprint density at radius 3 is 2.62 bits per heavy atom. The third-order valence-electron chi connectivity index (χ3n) is 1.73. The lowest BCUT2D eigenvalue weighted by Gasteiger charge is -1.92. The second-order valence-corrected chi connectivity index (χ2v) is 2.66. The molecule has 0 radical (unpaired) electrons. The maximum absolute atomic E-state index is 10.8. The van der Waals surface area contributed by atoms with Crippen LogP contribution in [0.2, 0.25) is 0 Å². The summed E-state index contributed by atoms with van der Waals surface area (Å²) in [6.07, 6.45) is 3.38. The lowest BCUT2D eigenvalue weighted by atomic mass is 10.2. The van der Waals surface area contributed by atoms with E-state index in [0.29, 0.717) is 6.42 Å². The minimum absolute atomic E-state index is 0.00592.